The summed E-state index contributed by atoms with van der Waals surface area (Å²) in [6.07, 6.45) is 0.771. The van der Waals surface area contributed by atoms with E-state index in [2.05, 4.69) is 4.72 Å². The lowest BCUT2D eigenvalue weighted by molar-refractivity contribution is 0.457. The molecule has 0 aromatic heterocycles. The third-order valence-electron chi connectivity index (χ3n) is 2.17. The average Bonchev–Trinajstić information content (AvgIpc) is 2.17. The Morgan fingerprint density at radius 1 is 1.31 bits per heavy atom. The molecule has 0 fully saturated rings. The number of benzene rings is 1. The lowest BCUT2D eigenvalue weighted by Crippen LogP contribution is -2.25. The molecular formula is C11H17NO3S. The van der Waals surface area contributed by atoms with Gasteiger partial charge in [-0.05, 0) is 24.5 Å². The highest BCUT2D eigenvalue weighted by Gasteiger charge is 2.17. The van der Waals surface area contributed by atoms with E-state index in [9.17, 15) is 13.5 Å². The molecular weight excluding hydrogens is 226 g/mol. The summed E-state index contributed by atoms with van der Waals surface area (Å²) in [6, 6.07) is 5.91. The summed E-state index contributed by atoms with van der Waals surface area (Å²) in [5, 5.41) is 9.44. The largest absolute Gasteiger partial charge is 0.507 e. The minimum Gasteiger partial charge on any atom is -0.507 e. The van der Waals surface area contributed by atoms with Crippen LogP contribution in [0, 0.1) is 5.92 Å². The van der Waals surface area contributed by atoms with Crippen LogP contribution in [0.15, 0.2) is 29.2 Å². The van der Waals surface area contributed by atoms with Crippen molar-refractivity contribution in [3.8, 4) is 5.75 Å². The van der Waals surface area contributed by atoms with Crippen LogP contribution in [0.2, 0.25) is 0 Å². The van der Waals surface area contributed by atoms with Gasteiger partial charge in [0.1, 0.15) is 10.6 Å². The second-order valence-corrected chi connectivity index (χ2v) is 5.78. The Hall–Kier alpha value is -1.07. The standard InChI is InChI=1S/C11H17NO3S/c1-9(2)7-8-12-16(14,15)11-6-4-3-5-10(11)13/h3-6,9,12-13H,7-8H2,1-2H3. The summed E-state index contributed by atoms with van der Waals surface area (Å²) in [5.41, 5.74) is 0. The fourth-order valence-corrected chi connectivity index (χ4v) is 2.39. The fraction of sp³-hybridized carbons (Fsp3) is 0.455. The van der Waals surface area contributed by atoms with Crippen LogP contribution in [0.4, 0.5) is 0 Å². The van der Waals surface area contributed by atoms with Gasteiger partial charge in [-0.15, -0.1) is 0 Å². The first-order valence-electron chi connectivity index (χ1n) is 5.21. The van der Waals surface area contributed by atoms with Crippen molar-refractivity contribution in [2.75, 3.05) is 6.54 Å². The molecule has 4 nitrogen and oxygen atoms in total. The Bertz CT molecular complexity index is 440. The van der Waals surface area contributed by atoms with E-state index in [0.29, 0.717) is 12.5 Å². The smallest absolute Gasteiger partial charge is 0.244 e. The van der Waals surface area contributed by atoms with Crippen LogP contribution in [0.25, 0.3) is 0 Å². The number of rotatable bonds is 5. The SMILES string of the molecule is CC(C)CCNS(=O)(=O)c1ccccc1O. The van der Waals surface area contributed by atoms with Gasteiger partial charge < -0.3 is 5.11 Å². The fourth-order valence-electron chi connectivity index (χ4n) is 1.24. The third kappa shape index (κ3) is 3.50. The summed E-state index contributed by atoms with van der Waals surface area (Å²) >= 11 is 0. The molecule has 0 atom stereocenters. The minimum atomic E-state index is -3.59. The van der Waals surface area contributed by atoms with Crippen molar-refractivity contribution in [2.45, 2.75) is 25.2 Å². The monoisotopic (exact) mass is 243 g/mol. The van der Waals surface area contributed by atoms with Crippen molar-refractivity contribution >= 4 is 10.0 Å². The van der Waals surface area contributed by atoms with Crippen LogP contribution in [-0.4, -0.2) is 20.1 Å². The Labute approximate surface area is 96.4 Å². The number of para-hydroxylation sites is 1. The molecule has 1 rings (SSSR count). The predicted molar refractivity (Wildman–Crippen MR) is 62.8 cm³/mol. The molecule has 0 saturated carbocycles. The second-order valence-electron chi connectivity index (χ2n) is 4.05. The Morgan fingerprint density at radius 3 is 2.50 bits per heavy atom. The van der Waals surface area contributed by atoms with E-state index in [0.717, 1.165) is 6.42 Å². The molecule has 0 spiro atoms. The number of hydrogen-bond donors (Lipinski definition) is 2. The maximum Gasteiger partial charge on any atom is 0.244 e. The van der Waals surface area contributed by atoms with Crippen molar-refractivity contribution in [2.24, 2.45) is 5.92 Å². The minimum absolute atomic E-state index is 0.0706. The Kier molecular flexibility index (Phi) is 4.32. The number of hydrogen-bond acceptors (Lipinski definition) is 3. The summed E-state index contributed by atoms with van der Waals surface area (Å²) in [5.74, 6) is 0.214. The van der Waals surface area contributed by atoms with Gasteiger partial charge in [-0.1, -0.05) is 26.0 Å². The topological polar surface area (TPSA) is 66.4 Å². The summed E-state index contributed by atoms with van der Waals surface area (Å²) in [7, 11) is -3.59. The molecule has 0 unspecified atom stereocenters. The van der Waals surface area contributed by atoms with Crippen LogP contribution < -0.4 is 4.72 Å². The van der Waals surface area contributed by atoms with Gasteiger partial charge in [-0.2, -0.15) is 0 Å². The zero-order valence-corrected chi connectivity index (χ0v) is 10.3. The van der Waals surface area contributed by atoms with Gasteiger partial charge in [-0.25, -0.2) is 13.1 Å². The zero-order chi connectivity index (χ0) is 12.2. The molecule has 0 heterocycles. The van der Waals surface area contributed by atoms with Gasteiger partial charge in [0.15, 0.2) is 0 Å². The second kappa shape index (κ2) is 5.32. The first kappa shape index (κ1) is 13.0. The molecule has 0 radical (unpaired) electrons. The molecule has 0 aliphatic rings. The van der Waals surface area contributed by atoms with Crippen LogP contribution in [-0.2, 0) is 10.0 Å². The van der Waals surface area contributed by atoms with Gasteiger partial charge in [0.25, 0.3) is 0 Å². The highest BCUT2D eigenvalue weighted by Crippen LogP contribution is 2.20. The summed E-state index contributed by atoms with van der Waals surface area (Å²) in [4.78, 5) is -0.0706. The molecule has 0 saturated heterocycles. The average molecular weight is 243 g/mol. The molecule has 0 aliphatic carbocycles. The maximum atomic E-state index is 11.8. The molecule has 0 bridgehead atoms. The van der Waals surface area contributed by atoms with Gasteiger partial charge in [-0.3, -0.25) is 0 Å². The van der Waals surface area contributed by atoms with E-state index in [1.165, 1.54) is 12.1 Å². The van der Waals surface area contributed by atoms with E-state index < -0.39 is 10.0 Å². The highest BCUT2D eigenvalue weighted by atomic mass is 32.2. The van der Waals surface area contributed by atoms with Crippen molar-refractivity contribution in [3.63, 3.8) is 0 Å². The molecule has 0 amide bonds. The molecule has 0 aliphatic heterocycles. The van der Waals surface area contributed by atoms with Gasteiger partial charge in [0.05, 0.1) is 0 Å². The first-order valence-corrected chi connectivity index (χ1v) is 6.69. The molecule has 16 heavy (non-hydrogen) atoms. The predicted octanol–water partition coefficient (Wildman–Crippen LogP) is 1.72. The van der Waals surface area contributed by atoms with Crippen molar-refractivity contribution in [3.05, 3.63) is 24.3 Å². The van der Waals surface area contributed by atoms with E-state index >= 15 is 0 Å². The maximum absolute atomic E-state index is 11.8. The number of sulfonamides is 1. The van der Waals surface area contributed by atoms with E-state index in [-0.39, 0.29) is 10.6 Å². The Morgan fingerprint density at radius 2 is 1.94 bits per heavy atom. The molecule has 1 aromatic carbocycles. The van der Waals surface area contributed by atoms with Crippen LogP contribution in [0.5, 0.6) is 5.75 Å². The summed E-state index contributed by atoms with van der Waals surface area (Å²) < 4.78 is 26.0. The van der Waals surface area contributed by atoms with Crippen LogP contribution in [0.1, 0.15) is 20.3 Å². The number of phenolic OH excluding ortho intramolecular Hbond substituents is 1. The molecule has 2 N–H and O–H groups in total. The van der Waals surface area contributed by atoms with Gasteiger partial charge in [0.2, 0.25) is 10.0 Å². The van der Waals surface area contributed by atoms with Crippen LogP contribution >= 0.6 is 0 Å². The molecule has 90 valence electrons. The van der Waals surface area contributed by atoms with E-state index in [1.54, 1.807) is 12.1 Å². The van der Waals surface area contributed by atoms with Gasteiger partial charge in [0, 0.05) is 6.54 Å². The van der Waals surface area contributed by atoms with Gasteiger partial charge >= 0.3 is 0 Å². The Balaban J connectivity index is 2.75. The quantitative estimate of drug-likeness (QED) is 0.827. The normalized spacial score (nSPS) is 11.9. The lowest BCUT2D eigenvalue weighted by Gasteiger charge is -2.09. The zero-order valence-electron chi connectivity index (χ0n) is 9.47. The summed E-state index contributed by atoms with van der Waals surface area (Å²) in [6.45, 7) is 4.43. The van der Waals surface area contributed by atoms with E-state index in [1.807, 2.05) is 13.8 Å². The molecule has 1 aromatic rings. The lowest BCUT2D eigenvalue weighted by atomic mass is 10.1. The van der Waals surface area contributed by atoms with Crippen LogP contribution in [0.3, 0.4) is 0 Å². The van der Waals surface area contributed by atoms with E-state index in [4.69, 9.17) is 0 Å². The molecule has 5 heteroatoms. The third-order valence-corrected chi connectivity index (χ3v) is 3.68. The number of nitrogens with one attached hydrogen (secondary N) is 1. The van der Waals surface area contributed by atoms with Crippen molar-refractivity contribution < 1.29 is 13.5 Å². The van der Waals surface area contributed by atoms with Crippen molar-refractivity contribution in [1.29, 1.82) is 0 Å². The number of phenols is 1. The highest BCUT2D eigenvalue weighted by molar-refractivity contribution is 7.89. The number of aromatic hydroxyl groups is 1. The van der Waals surface area contributed by atoms with Crippen molar-refractivity contribution in [1.82, 2.24) is 4.72 Å². The first-order chi connectivity index (χ1) is 7.43.